The predicted molar refractivity (Wildman–Crippen MR) is 55.0 cm³/mol. The van der Waals surface area contributed by atoms with Gasteiger partial charge in [-0.15, -0.1) is 11.6 Å². The third-order valence-corrected chi connectivity index (χ3v) is 2.75. The topological polar surface area (TPSA) is 20.3 Å². The summed E-state index contributed by atoms with van der Waals surface area (Å²) >= 11 is 5.55. The molecule has 0 aromatic carbocycles. The first kappa shape index (κ1) is 10.8. The van der Waals surface area contributed by atoms with Crippen LogP contribution in [0, 0.1) is 0 Å². The molecular formula is C10H18ClNO. The van der Waals surface area contributed by atoms with Gasteiger partial charge in [0.1, 0.15) is 0 Å². The maximum Gasteiger partial charge on any atom is 0.222 e. The summed E-state index contributed by atoms with van der Waals surface area (Å²) in [6.07, 6.45) is 6.35. The summed E-state index contributed by atoms with van der Waals surface area (Å²) in [5.74, 6) is 0.891. The van der Waals surface area contributed by atoms with Crippen molar-refractivity contribution < 1.29 is 4.79 Å². The van der Waals surface area contributed by atoms with Gasteiger partial charge in [-0.25, -0.2) is 0 Å². The van der Waals surface area contributed by atoms with Crippen LogP contribution in [0.2, 0.25) is 0 Å². The Hall–Kier alpha value is -0.240. The number of nitrogens with zero attached hydrogens (tertiary/aromatic N) is 1. The molecule has 1 heterocycles. The van der Waals surface area contributed by atoms with Gasteiger partial charge in [-0.3, -0.25) is 4.79 Å². The number of carbonyl (C=O) groups excluding carboxylic acids is 1. The minimum atomic E-state index is 0.294. The van der Waals surface area contributed by atoms with Gasteiger partial charge in [-0.1, -0.05) is 12.8 Å². The highest BCUT2D eigenvalue weighted by molar-refractivity contribution is 6.17. The van der Waals surface area contributed by atoms with E-state index < -0.39 is 0 Å². The molecule has 1 rings (SSSR count). The van der Waals surface area contributed by atoms with E-state index in [4.69, 9.17) is 11.6 Å². The van der Waals surface area contributed by atoms with Gasteiger partial charge >= 0.3 is 0 Å². The lowest BCUT2D eigenvalue weighted by molar-refractivity contribution is -0.131. The molecule has 0 aromatic heterocycles. The van der Waals surface area contributed by atoms with Gasteiger partial charge in [-0.05, 0) is 19.3 Å². The zero-order valence-corrected chi connectivity index (χ0v) is 8.85. The third kappa shape index (κ3) is 3.99. The minimum Gasteiger partial charge on any atom is -0.343 e. The van der Waals surface area contributed by atoms with Gasteiger partial charge in [0, 0.05) is 25.4 Å². The third-order valence-electron chi connectivity index (χ3n) is 2.48. The van der Waals surface area contributed by atoms with Crippen molar-refractivity contribution in [3.63, 3.8) is 0 Å². The predicted octanol–water partition coefficient (Wildman–Crippen LogP) is 2.41. The molecule has 3 heteroatoms. The van der Waals surface area contributed by atoms with Crippen molar-refractivity contribution in [2.75, 3.05) is 19.0 Å². The Morgan fingerprint density at radius 3 is 2.31 bits per heavy atom. The van der Waals surface area contributed by atoms with Gasteiger partial charge in [0.05, 0.1) is 0 Å². The SMILES string of the molecule is O=C(CCCCl)N1CCCCCC1. The number of carbonyl (C=O) groups is 1. The Morgan fingerprint density at radius 1 is 1.15 bits per heavy atom. The highest BCUT2D eigenvalue weighted by atomic mass is 35.5. The molecule has 0 unspecified atom stereocenters. The van der Waals surface area contributed by atoms with Crippen LogP contribution in [0.3, 0.4) is 0 Å². The summed E-state index contributed by atoms with van der Waals surface area (Å²) < 4.78 is 0. The number of hydrogen-bond acceptors (Lipinski definition) is 1. The van der Waals surface area contributed by atoms with Crippen molar-refractivity contribution in [3.8, 4) is 0 Å². The van der Waals surface area contributed by atoms with Crippen LogP contribution in [0.1, 0.15) is 38.5 Å². The van der Waals surface area contributed by atoms with Gasteiger partial charge in [-0.2, -0.15) is 0 Å². The molecule has 0 aromatic rings. The van der Waals surface area contributed by atoms with Crippen LogP contribution in [0.5, 0.6) is 0 Å². The summed E-state index contributed by atoms with van der Waals surface area (Å²) in [6.45, 7) is 1.92. The standard InChI is InChI=1S/C10H18ClNO/c11-7-5-6-10(13)12-8-3-1-2-4-9-12/h1-9H2. The van der Waals surface area contributed by atoms with E-state index in [2.05, 4.69) is 0 Å². The summed E-state index contributed by atoms with van der Waals surface area (Å²) in [5, 5.41) is 0. The van der Waals surface area contributed by atoms with Gasteiger partial charge in [0.2, 0.25) is 5.91 Å². The average molecular weight is 204 g/mol. The maximum absolute atomic E-state index is 11.6. The van der Waals surface area contributed by atoms with Gasteiger partial charge in [0.25, 0.3) is 0 Å². The molecule has 1 aliphatic heterocycles. The lowest BCUT2D eigenvalue weighted by atomic mass is 10.2. The van der Waals surface area contributed by atoms with Crippen LogP contribution in [0.4, 0.5) is 0 Å². The molecule has 0 spiro atoms. The zero-order chi connectivity index (χ0) is 9.52. The van der Waals surface area contributed by atoms with Crippen LogP contribution in [-0.4, -0.2) is 29.8 Å². The highest BCUT2D eigenvalue weighted by Gasteiger charge is 2.14. The maximum atomic E-state index is 11.6. The fraction of sp³-hybridized carbons (Fsp3) is 0.900. The smallest absolute Gasteiger partial charge is 0.222 e. The van der Waals surface area contributed by atoms with Crippen molar-refractivity contribution in [2.45, 2.75) is 38.5 Å². The van der Waals surface area contributed by atoms with Crippen molar-refractivity contribution in [2.24, 2.45) is 0 Å². The number of hydrogen-bond donors (Lipinski definition) is 0. The number of alkyl halides is 1. The highest BCUT2D eigenvalue weighted by Crippen LogP contribution is 2.11. The molecule has 0 N–H and O–H groups in total. The molecule has 1 amide bonds. The van der Waals surface area contributed by atoms with E-state index in [0.29, 0.717) is 18.2 Å². The van der Waals surface area contributed by atoms with Crippen LogP contribution >= 0.6 is 11.6 Å². The molecule has 1 saturated heterocycles. The quantitative estimate of drug-likeness (QED) is 0.646. The van der Waals surface area contributed by atoms with Crippen molar-refractivity contribution >= 4 is 17.5 Å². The average Bonchev–Trinajstić information content (AvgIpc) is 2.42. The number of rotatable bonds is 3. The number of halogens is 1. The van der Waals surface area contributed by atoms with E-state index >= 15 is 0 Å². The first-order valence-electron chi connectivity index (χ1n) is 5.18. The van der Waals surface area contributed by atoms with Crippen LogP contribution in [0.25, 0.3) is 0 Å². The molecule has 13 heavy (non-hydrogen) atoms. The summed E-state index contributed by atoms with van der Waals surface area (Å²) in [5.41, 5.74) is 0. The molecule has 0 radical (unpaired) electrons. The molecule has 0 saturated carbocycles. The van der Waals surface area contributed by atoms with Crippen molar-refractivity contribution in [1.29, 1.82) is 0 Å². The van der Waals surface area contributed by atoms with Crippen molar-refractivity contribution in [1.82, 2.24) is 4.90 Å². The van der Waals surface area contributed by atoms with Crippen LogP contribution < -0.4 is 0 Å². The Balaban J connectivity index is 2.26. The Labute approximate surface area is 85.2 Å². The first-order valence-corrected chi connectivity index (χ1v) is 5.72. The van der Waals surface area contributed by atoms with Gasteiger partial charge < -0.3 is 4.90 Å². The monoisotopic (exact) mass is 203 g/mol. The molecule has 2 nitrogen and oxygen atoms in total. The second kappa shape index (κ2) is 6.25. The second-order valence-electron chi connectivity index (χ2n) is 3.59. The fourth-order valence-electron chi connectivity index (χ4n) is 1.70. The van der Waals surface area contributed by atoms with E-state index in [1.54, 1.807) is 0 Å². The molecular weight excluding hydrogens is 186 g/mol. The molecule has 76 valence electrons. The van der Waals surface area contributed by atoms with E-state index in [1.165, 1.54) is 25.7 Å². The summed E-state index contributed by atoms with van der Waals surface area (Å²) in [7, 11) is 0. The first-order chi connectivity index (χ1) is 6.34. The summed E-state index contributed by atoms with van der Waals surface area (Å²) in [4.78, 5) is 13.6. The molecule has 0 bridgehead atoms. The largest absolute Gasteiger partial charge is 0.343 e. The van der Waals surface area contributed by atoms with E-state index in [0.717, 1.165) is 19.5 Å². The van der Waals surface area contributed by atoms with E-state index in [-0.39, 0.29) is 0 Å². The molecule has 1 aliphatic rings. The van der Waals surface area contributed by atoms with Crippen LogP contribution in [0.15, 0.2) is 0 Å². The van der Waals surface area contributed by atoms with E-state index in [1.807, 2.05) is 4.90 Å². The van der Waals surface area contributed by atoms with Crippen LogP contribution in [-0.2, 0) is 4.79 Å². The molecule has 0 atom stereocenters. The van der Waals surface area contributed by atoms with Crippen molar-refractivity contribution in [3.05, 3.63) is 0 Å². The molecule has 0 aliphatic carbocycles. The van der Waals surface area contributed by atoms with E-state index in [9.17, 15) is 4.79 Å². The lowest BCUT2D eigenvalue weighted by Crippen LogP contribution is -2.31. The zero-order valence-electron chi connectivity index (χ0n) is 8.10. The normalized spacial score (nSPS) is 18.4. The molecule has 1 fully saturated rings. The fourth-order valence-corrected chi connectivity index (χ4v) is 1.83. The Kier molecular flexibility index (Phi) is 5.21. The Bertz CT molecular complexity index is 153. The minimum absolute atomic E-state index is 0.294. The summed E-state index contributed by atoms with van der Waals surface area (Å²) in [6, 6.07) is 0. The second-order valence-corrected chi connectivity index (χ2v) is 3.97. The van der Waals surface area contributed by atoms with Gasteiger partial charge in [0.15, 0.2) is 0 Å². The number of likely N-dealkylation sites (tertiary alicyclic amines) is 1. The lowest BCUT2D eigenvalue weighted by Gasteiger charge is -2.19. The number of amides is 1. The Morgan fingerprint density at radius 2 is 1.77 bits per heavy atom.